The van der Waals surface area contributed by atoms with Crippen LogP contribution in [0.1, 0.15) is 31.4 Å². The van der Waals surface area contributed by atoms with Crippen molar-refractivity contribution >= 4 is 38.9 Å². The van der Waals surface area contributed by atoms with E-state index in [4.69, 9.17) is 11.6 Å². The number of nitrogens with one attached hydrogen (secondary N) is 1. The summed E-state index contributed by atoms with van der Waals surface area (Å²) in [5, 5.41) is 2.60. The highest BCUT2D eigenvalue weighted by Crippen LogP contribution is 2.25. The molecule has 1 fully saturated rings. The van der Waals surface area contributed by atoms with Crippen LogP contribution in [-0.4, -0.2) is 40.2 Å². The van der Waals surface area contributed by atoms with E-state index in [2.05, 4.69) is 10.2 Å². The van der Waals surface area contributed by atoms with E-state index < -0.39 is 28.3 Å². The van der Waals surface area contributed by atoms with Crippen molar-refractivity contribution in [1.29, 1.82) is 0 Å². The zero-order valence-electron chi connectivity index (χ0n) is 16.9. The first-order valence-corrected chi connectivity index (χ1v) is 11.9. The van der Waals surface area contributed by atoms with Crippen LogP contribution >= 0.6 is 11.6 Å². The molecule has 0 aromatic heterocycles. The standard InChI is InChI=1S/C21H25ClFN3O3S/c1-15(16-5-7-17(8-6-16)25-11-3-4-12-25)24-21(27)14-26(30(2,28)29)18-9-10-20(23)19(22)13-18/h5-10,13,15H,3-4,11-12,14H2,1-2H3,(H,24,27). The Kier molecular flexibility index (Phi) is 6.88. The molecule has 1 atom stereocenters. The van der Waals surface area contributed by atoms with Crippen LogP contribution in [-0.2, 0) is 14.8 Å². The lowest BCUT2D eigenvalue weighted by atomic mass is 10.1. The summed E-state index contributed by atoms with van der Waals surface area (Å²) in [6.45, 7) is 3.51. The Labute approximate surface area is 181 Å². The second-order valence-electron chi connectivity index (χ2n) is 7.44. The molecular weight excluding hydrogens is 429 g/mol. The molecule has 6 nitrogen and oxygen atoms in total. The van der Waals surface area contributed by atoms with Crippen LogP contribution in [0.25, 0.3) is 0 Å². The largest absolute Gasteiger partial charge is 0.372 e. The molecule has 162 valence electrons. The fourth-order valence-electron chi connectivity index (χ4n) is 3.49. The van der Waals surface area contributed by atoms with Gasteiger partial charge < -0.3 is 10.2 Å². The van der Waals surface area contributed by atoms with Gasteiger partial charge in [0, 0.05) is 18.8 Å². The number of rotatable bonds is 7. The molecule has 0 aliphatic carbocycles. The summed E-state index contributed by atoms with van der Waals surface area (Å²) >= 11 is 5.77. The van der Waals surface area contributed by atoms with Crippen LogP contribution in [0.4, 0.5) is 15.8 Å². The Bertz CT molecular complexity index is 1010. The third-order valence-electron chi connectivity index (χ3n) is 5.12. The fourth-order valence-corrected chi connectivity index (χ4v) is 4.51. The molecule has 1 aliphatic heterocycles. The van der Waals surface area contributed by atoms with Gasteiger partial charge in [-0.1, -0.05) is 23.7 Å². The molecule has 0 saturated carbocycles. The van der Waals surface area contributed by atoms with Crippen LogP contribution < -0.4 is 14.5 Å². The molecule has 9 heteroatoms. The van der Waals surface area contributed by atoms with Gasteiger partial charge in [0.15, 0.2) is 0 Å². The number of carbonyl (C=O) groups excluding carboxylic acids is 1. The predicted octanol–water partition coefficient (Wildman–Crippen LogP) is 3.72. The summed E-state index contributed by atoms with van der Waals surface area (Å²) < 4.78 is 38.7. The first kappa shape index (κ1) is 22.4. The molecular formula is C21H25ClFN3O3S. The molecule has 2 aromatic rings. The van der Waals surface area contributed by atoms with Gasteiger partial charge >= 0.3 is 0 Å². The molecule has 0 radical (unpaired) electrons. The lowest BCUT2D eigenvalue weighted by Gasteiger charge is -2.24. The Morgan fingerprint density at radius 2 is 1.83 bits per heavy atom. The van der Waals surface area contributed by atoms with Crippen LogP contribution in [0.5, 0.6) is 0 Å². The number of benzene rings is 2. The summed E-state index contributed by atoms with van der Waals surface area (Å²) in [6.07, 6.45) is 3.38. The van der Waals surface area contributed by atoms with Crippen molar-refractivity contribution in [2.45, 2.75) is 25.8 Å². The van der Waals surface area contributed by atoms with Crippen molar-refractivity contribution in [3.05, 3.63) is 58.9 Å². The van der Waals surface area contributed by atoms with Gasteiger partial charge in [-0.3, -0.25) is 9.10 Å². The summed E-state index contributed by atoms with van der Waals surface area (Å²) in [4.78, 5) is 14.9. The lowest BCUT2D eigenvalue weighted by Crippen LogP contribution is -2.41. The zero-order valence-corrected chi connectivity index (χ0v) is 18.5. The number of hydrogen-bond acceptors (Lipinski definition) is 4. The summed E-state index contributed by atoms with van der Waals surface area (Å²) in [7, 11) is -3.77. The van der Waals surface area contributed by atoms with Gasteiger partial charge in [0.05, 0.1) is 23.0 Å². The normalized spacial score (nSPS) is 15.1. The van der Waals surface area contributed by atoms with Gasteiger partial charge in [-0.2, -0.15) is 0 Å². The minimum Gasteiger partial charge on any atom is -0.372 e. The Hall–Kier alpha value is -2.32. The van der Waals surface area contributed by atoms with E-state index in [1.165, 1.54) is 25.0 Å². The molecule has 1 N–H and O–H groups in total. The van der Waals surface area contributed by atoms with Crippen molar-refractivity contribution in [2.24, 2.45) is 0 Å². The Morgan fingerprint density at radius 1 is 1.20 bits per heavy atom. The average molecular weight is 454 g/mol. The molecule has 30 heavy (non-hydrogen) atoms. The Balaban J connectivity index is 1.68. The second-order valence-corrected chi connectivity index (χ2v) is 9.76. The highest BCUT2D eigenvalue weighted by molar-refractivity contribution is 7.92. The van der Waals surface area contributed by atoms with E-state index in [1.54, 1.807) is 0 Å². The number of amides is 1. The van der Waals surface area contributed by atoms with Gasteiger partial charge in [0.25, 0.3) is 0 Å². The van der Waals surface area contributed by atoms with Gasteiger partial charge in [-0.25, -0.2) is 12.8 Å². The zero-order chi connectivity index (χ0) is 21.9. The molecule has 3 rings (SSSR count). The molecule has 2 aromatic carbocycles. The molecule has 1 amide bonds. The topological polar surface area (TPSA) is 69.7 Å². The van der Waals surface area contributed by atoms with Crippen LogP contribution in [0, 0.1) is 5.82 Å². The predicted molar refractivity (Wildman–Crippen MR) is 118 cm³/mol. The SMILES string of the molecule is CC(NC(=O)CN(c1ccc(F)c(Cl)c1)S(C)(=O)=O)c1ccc(N2CCCC2)cc1. The second kappa shape index (κ2) is 9.22. The summed E-state index contributed by atoms with van der Waals surface area (Å²) in [6, 6.07) is 11.2. The fraction of sp³-hybridized carbons (Fsp3) is 0.381. The van der Waals surface area contributed by atoms with Crippen molar-refractivity contribution in [3.63, 3.8) is 0 Å². The number of halogens is 2. The molecule has 0 bridgehead atoms. The van der Waals surface area contributed by atoms with Crippen molar-refractivity contribution < 1.29 is 17.6 Å². The monoisotopic (exact) mass is 453 g/mol. The average Bonchev–Trinajstić information content (AvgIpc) is 3.22. The van der Waals surface area contributed by atoms with Crippen molar-refractivity contribution in [2.75, 3.05) is 35.1 Å². The van der Waals surface area contributed by atoms with Gasteiger partial charge in [0.1, 0.15) is 12.4 Å². The first-order valence-electron chi connectivity index (χ1n) is 9.72. The number of carbonyl (C=O) groups is 1. The van der Waals surface area contributed by atoms with E-state index in [1.807, 2.05) is 31.2 Å². The highest BCUT2D eigenvalue weighted by Gasteiger charge is 2.23. The minimum absolute atomic E-state index is 0.127. The quantitative estimate of drug-likeness (QED) is 0.693. The van der Waals surface area contributed by atoms with Crippen LogP contribution in [0.3, 0.4) is 0 Å². The molecule has 1 aliphatic rings. The third kappa shape index (κ3) is 5.43. The van der Waals surface area contributed by atoms with Crippen molar-refractivity contribution in [1.82, 2.24) is 5.32 Å². The van der Waals surface area contributed by atoms with Crippen molar-refractivity contribution in [3.8, 4) is 0 Å². The maximum atomic E-state index is 13.4. The maximum Gasteiger partial charge on any atom is 0.241 e. The van der Waals surface area contributed by atoms with E-state index in [-0.39, 0.29) is 16.8 Å². The van der Waals surface area contributed by atoms with E-state index in [0.29, 0.717) is 0 Å². The van der Waals surface area contributed by atoms with E-state index in [0.717, 1.165) is 41.0 Å². The van der Waals surface area contributed by atoms with Gasteiger partial charge in [0.2, 0.25) is 15.9 Å². The first-order chi connectivity index (χ1) is 14.1. The Morgan fingerprint density at radius 3 is 2.40 bits per heavy atom. The number of sulfonamides is 1. The summed E-state index contributed by atoms with van der Waals surface area (Å²) in [5.41, 5.74) is 2.20. The minimum atomic E-state index is -3.77. The smallest absolute Gasteiger partial charge is 0.241 e. The van der Waals surface area contributed by atoms with Gasteiger partial charge in [-0.15, -0.1) is 0 Å². The number of anilines is 2. The lowest BCUT2D eigenvalue weighted by molar-refractivity contribution is -0.120. The number of nitrogens with zero attached hydrogens (tertiary/aromatic N) is 2. The highest BCUT2D eigenvalue weighted by atomic mass is 35.5. The molecule has 1 heterocycles. The third-order valence-corrected chi connectivity index (χ3v) is 6.55. The van der Waals surface area contributed by atoms with E-state index in [9.17, 15) is 17.6 Å². The van der Waals surface area contributed by atoms with Crippen LogP contribution in [0.2, 0.25) is 5.02 Å². The molecule has 0 spiro atoms. The van der Waals surface area contributed by atoms with Crippen LogP contribution in [0.15, 0.2) is 42.5 Å². The van der Waals surface area contributed by atoms with Gasteiger partial charge in [-0.05, 0) is 55.7 Å². The summed E-state index contributed by atoms with van der Waals surface area (Å²) in [5.74, 6) is -1.14. The number of hydrogen-bond donors (Lipinski definition) is 1. The molecule has 1 saturated heterocycles. The maximum absolute atomic E-state index is 13.4. The molecule has 1 unspecified atom stereocenters. The van der Waals surface area contributed by atoms with E-state index >= 15 is 0 Å².